The van der Waals surface area contributed by atoms with E-state index in [0.717, 1.165) is 30.7 Å². The Hall–Kier alpha value is -3.22. The fourth-order valence-electron chi connectivity index (χ4n) is 4.10. The highest BCUT2D eigenvalue weighted by Crippen LogP contribution is 2.28. The van der Waals surface area contributed by atoms with E-state index in [4.69, 9.17) is 0 Å². The monoisotopic (exact) mass is 419 g/mol. The molecule has 3 aromatic heterocycles. The number of pyridine rings is 2. The second kappa shape index (κ2) is 9.29. The summed E-state index contributed by atoms with van der Waals surface area (Å²) < 4.78 is 13.2. The number of rotatable bonds is 5. The molecule has 160 valence electrons. The van der Waals surface area contributed by atoms with E-state index in [1.54, 1.807) is 24.5 Å². The van der Waals surface area contributed by atoms with Gasteiger partial charge in [-0.15, -0.1) is 0 Å². The quantitative estimate of drug-likeness (QED) is 0.618. The van der Waals surface area contributed by atoms with Crippen molar-refractivity contribution in [3.63, 3.8) is 0 Å². The highest BCUT2D eigenvalue weighted by Gasteiger charge is 2.32. The molecule has 1 aliphatic rings. The minimum Gasteiger partial charge on any atom is -0.334 e. The number of hydrogen-bond donors (Lipinski definition) is 0. The van der Waals surface area contributed by atoms with Gasteiger partial charge < -0.3 is 4.90 Å². The molecule has 2 atom stereocenters. The molecule has 1 fully saturated rings. The molecule has 0 bridgehead atoms. The first kappa shape index (κ1) is 21.0. The molecule has 0 aromatic carbocycles. The van der Waals surface area contributed by atoms with Crippen LogP contribution in [0.4, 0.5) is 4.39 Å². The van der Waals surface area contributed by atoms with Crippen LogP contribution in [0, 0.1) is 18.7 Å². The molecular weight excluding hydrogens is 393 g/mol. The zero-order chi connectivity index (χ0) is 21.8. The molecule has 0 saturated carbocycles. The molecule has 31 heavy (non-hydrogen) atoms. The van der Waals surface area contributed by atoms with Crippen LogP contribution in [-0.4, -0.2) is 43.3 Å². The number of carbonyl (C=O) groups excluding carboxylic acids is 1. The molecule has 4 rings (SSSR count). The molecule has 0 spiro atoms. The Morgan fingerprint density at radius 2 is 1.94 bits per heavy atom. The number of aromatic nitrogens is 4. The maximum absolute atomic E-state index is 13.7. The smallest absolute Gasteiger partial charge is 0.273 e. The van der Waals surface area contributed by atoms with Crippen molar-refractivity contribution in [2.45, 2.75) is 45.6 Å². The summed E-state index contributed by atoms with van der Waals surface area (Å²) in [7, 11) is 0. The van der Waals surface area contributed by atoms with E-state index in [1.807, 2.05) is 24.0 Å². The fraction of sp³-hybridized carbons (Fsp3) is 0.375. The van der Waals surface area contributed by atoms with Gasteiger partial charge in [0.15, 0.2) is 5.82 Å². The van der Waals surface area contributed by atoms with Crippen LogP contribution in [0.15, 0.2) is 48.9 Å². The van der Waals surface area contributed by atoms with Crippen LogP contribution in [0.2, 0.25) is 0 Å². The van der Waals surface area contributed by atoms with Crippen LogP contribution < -0.4 is 0 Å². The average molecular weight is 420 g/mol. The molecule has 7 heteroatoms. The minimum atomic E-state index is -0.340. The Kier molecular flexibility index (Phi) is 6.30. The van der Waals surface area contributed by atoms with Crippen molar-refractivity contribution < 1.29 is 9.18 Å². The third-order valence-electron chi connectivity index (χ3n) is 5.77. The third kappa shape index (κ3) is 4.93. The second-order valence-corrected chi connectivity index (χ2v) is 8.22. The van der Waals surface area contributed by atoms with Gasteiger partial charge in [0.2, 0.25) is 0 Å². The lowest BCUT2D eigenvalue weighted by Crippen LogP contribution is -2.47. The molecule has 0 N–H and O–H groups in total. The van der Waals surface area contributed by atoms with Gasteiger partial charge in [0.1, 0.15) is 11.5 Å². The van der Waals surface area contributed by atoms with E-state index < -0.39 is 0 Å². The number of aryl methyl sites for hydroxylation is 2. The van der Waals surface area contributed by atoms with Crippen LogP contribution in [0.3, 0.4) is 0 Å². The Labute approximate surface area is 181 Å². The van der Waals surface area contributed by atoms with Crippen molar-refractivity contribution in [1.29, 1.82) is 0 Å². The van der Waals surface area contributed by atoms with Crippen LogP contribution in [0.5, 0.6) is 0 Å². The van der Waals surface area contributed by atoms with Gasteiger partial charge >= 0.3 is 0 Å². The number of hydrogen-bond acceptors (Lipinski definition) is 5. The largest absolute Gasteiger partial charge is 0.334 e. The highest BCUT2D eigenvalue weighted by molar-refractivity contribution is 5.98. The van der Waals surface area contributed by atoms with Crippen molar-refractivity contribution in [1.82, 2.24) is 24.8 Å². The predicted molar refractivity (Wildman–Crippen MR) is 116 cm³/mol. The van der Waals surface area contributed by atoms with E-state index in [1.165, 1.54) is 12.3 Å². The van der Waals surface area contributed by atoms with Gasteiger partial charge in [0.05, 0.1) is 11.8 Å². The lowest BCUT2D eigenvalue weighted by Gasteiger charge is -2.39. The number of carbonyl (C=O) groups is 1. The maximum atomic E-state index is 13.7. The average Bonchev–Trinajstić information content (AvgIpc) is 2.79. The van der Waals surface area contributed by atoms with Gasteiger partial charge in [0, 0.05) is 36.4 Å². The van der Waals surface area contributed by atoms with E-state index in [9.17, 15) is 9.18 Å². The number of halogens is 1. The molecular formula is C24H26FN5O. The Bertz CT molecular complexity index is 1040. The third-order valence-corrected chi connectivity index (χ3v) is 5.77. The van der Waals surface area contributed by atoms with E-state index in [0.29, 0.717) is 36.0 Å². The topological polar surface area (TPSA) is 71.9 Å². The van der Waals surface area contributed by atoms with Crippen molar-refractivity contribution >= 4 is 5.91 Å². The van der Waals surface area contributed by atoms with Gasteiger partial charge in [-0.25, -0.2) is 19.3 Å². The summed E-state index contributed by atoms with van der Waals surface area (Å²) in [5.74, 6) is 0.490. The molecule has 1 aliphatic heterocycles. The molecule has 4 heterocycles. The van der Waals surface area contributed by atoms with Crippen molar-refractivity contribution in [3.8, 4) is 11.4 Å². The van der Waals surface area contributed by atoms with Gasteiger partial charge in [0.25, 0.3) is 5.91 Å². The summed E-state index contributed by atoms with van der Waals surface area (Å²) in [5.41, 5.74) is 2.65. The van der Waals surface area contributed by atoms with E-state index >= 15 is 0 Å². The van der Waals surface area contributed by atoms with Crippen molar-refractivity contribution in [2.75, 3.05) is 6.54 Å². The number of amides is 1. The summed E-state index contributed by atoms with van der Waals surface area (Å²) in [5, 5.41) is 0. The first-order chi connectivity index (χ1) is 15.0. The van der Waals surface area contributed by atoms with Crippen LogP contribution in [0.25, 0.3) is 11.4 Å². The van der Waals surface area contributed by atoms with Crippen LogP contribution in [0.1, 0.15) is 48.1 Å². The Morgan fingerprint density at radius 3 is 2.68 bits per heavy atom. The maximum Gasteiger partial charge on any atom is 0.273 e. The lowest BCUT2D eigenvalue weighted by molar-refractivity contribution is 0.0527. The van der Waals surface area contributed by atoms with Gasteiger partial charge in [-0.1, -0.05) is 6.92 Å². The van der Waals surface area contributed by atoms with Crippen LogP contribution in [-0.2, 0) is 6.42 Å². The summed E-state index contributed by atoms with van der Waals surface area (Å²) in [6, 6.07) is 8.71. The first-order valence-electron chi connectivity index (χ1n) is 10.7. The number of nitrogens with zero attached hydrogens (tertiary/aromatic N) is 5. The number of likely N-dealkylation sites (tertiary alicyclic amines) is 1. The molecule has 6 nitrogen and oxygen atoms in total. The summed E-state index contributed by atoms with van der Waals surface area (Å²) >= 11 is 0. The fourth-order valence-corrected chi connectivity index (χ4v) is 4.10. The summed E-state index contributed by atoms with van der Waals surface area (Å²) in [4.78, 5) is 33.0. The van der Waals surface area contributed by atoms with Crippen LogP contribution >= 0.6 is 0 Å². The van der Waals surface area contributed by atoms with E-state index in [2.05, 4.69) is 26.9 Å². The van der Waals surface area contributed by atoms with Crippen molar-refractivity contribution in [3.05, 3.63) is 71.8 Å². The Balaban J connectivity index is 1.60. The second-order valence-electron chi connectivity index (χ2n) is 8.22. The SMILES string of the molecule is Cc1ccc(-c2ncccn2)c(C(=O)N2C[C@@H](C)CC[C@H]2CCc2ccc(F)cn2)n1. The molecule has 3 aromatic rings. The Morgan fingerprint density at radius 1 is 1.13 bits per heavy atom. The lowest BCUT2D eigenvalue weighted by atomic mass is 9.90. The zero-order valence-electron chi connectivity index (χ0n) is 17.8. The summed E-state index contributed by atoms with van der Waals surface area (Å²) in [6.07, 6.45) is 8.04. The van der Waals surface area contributed by atoms with Gasteiger partial charge in [-0.05, 0) is 68.9 Å². The molecule has 1 amide bonds. The van der Waals surface area contributed by atoms with E-state index in [-0.39, 0.29) is 17.8 Å². The van der Waals surface area contributed by atoms with Gasteiger partial charge in [-0.3, -0.25) is 9.78 Å². The normalized spacial score (nSPS) is 18.7. The molecule has 1 saturated heterocycles. The van der Waals surface area contributed by atoms with Crippen molar-refractivity contribution in [2.24, 2.45) is 5.92 Å². The molecule has 0 unspecified atom stereocenters. The molecule has 0 radical (unpaired) electrons. The molecule has 0 aliphatic carbocycles. The number of piperidine rings is 1. The van der Waals surface area contributed by atoms with Gasteiger partial charge in [-0.2, -0.15) is 0 Å². The zero-order valence-corrected chi connectivity index (χ0v) is 17.8. The standard InChI is InChI=1S/C24H26FN5O/c1-16-4-9-20(10-8-19-7-6-18(25)14-28-19)30(15-16)24(31)22-21(11-5-17(2)29-22)23-26-12-3-13-27-23/h3,5-7,11-14,16,20H,4,8-10,15H2,1-2H3/t16-,20-/m0/s1. The highest BCUT2D eigenvalue weighted by atomic mass is 19.1. The first-order valence-corrected chi connectivity index (χ1v) is 10.7. The predicted octanol–water partition coefficient (Wildman–Crippen LogP) is 4.25. The minimum absolute atomic E-state index is 0.0856. The summed E-state index contributed by atoms with van der Waals surface area (Å²) in [6.45, 7) is 4.73.